The van der Waals surface area contributed by atoms with Gasteiger partial charge in [0.25, 0.3) is 5.91 Å². The molecule has 0 aliphatic heterocycles. The van der Waals surface area contributed by atoms with E-state index in [0.717, 1.165) is 11.1 Å². The summed E-state index contributed by atoms with van der Waals surface area (Å²) in [5.41, 5.74) is 3.99. The van der Waals surface area contributed by atoms with Crippen molar-refractivity contribution in [3.8, 4) is 11.3 Å². The molecular formula is C18H15FN2OS. The average molecular weight is 326 g/mol. The van der Waals surface area contributed by atoms with E-state index >= 15 is 0 Å². The highest BCUT2D eigenvalue weighted by molar-refractivity contribution is 7.14. The summed E-state index contributed by atoms with van der Waals surface area (Å²) < 4.78 is 13.3. The lowest BCUT2D eigenvalue weighted by molar-refractivity contribution is 0.102. The van der Waals surface area contributed by atoms with Crippen molar-refractivity contribution in [3.05, 3.63) is 70.4 Å². The fourth-order valence-electron chi connectivity index (χ4n) is 2.34. The van der Waals surface area contributed by atoms with Crippen LogP contribution in [-0.2, 0) is 0 Å². The lowest BCUT2D eigenvalue weighted by Gasteiger charge is -2.06. The van der Waals surface area contributed by atoms with Crippen LogP contribution >= 0.6 is 11.3 Å². The molecule has 0 aliphatic rings. The van der Waals surface area contributed by atoms with Crippen LogP contribution in [0.5, 0.6) is 0 Å². The first-order valence-corrected chi connectivity index (χ1v) is 8.01. The zero-order chi connectivity index (χ0) is 16.4. The summed E-state index contributed by atoms with van der Waals surface area (Å²) in [6.07, 6.45) is 0. The molecule has 0 unspecified atom stereocenters. The fourth-order valence-corrected chi connectivity index (χ4v) is 3.06. The molecule has 0 saturated heterocycles. The normalized spacial score (nSPS) is 10.6. The first-order chi connectivity index (χ1) is 11.0. The van der Waals surface area contributed by atoms with Gasteiger partial charge in [0.2, 0.25) is 0 Å². The Hall–Kier alpha value is -2.53. The topological polar surface area (TPSA) is 42.0 Å². The van der Waals surface area contributed by atoms with Gasteiger partial charge in [-0.05, 0) is 37.6 Å². The lowest BCUT2D eigenvalue weighted by atomic mass is 10.1. The molecule has 2 aromatic carbocycles. The number of rotatable bonds is 3. The van der Waals surface area contributed by atoms with Crippen molar-refractivity contribution in [1.82, 2.24) is 4.98 Å². The van der Waals surface area contributed by atoms with Crippen molar-refractivity contribution >= 4 is 22.4 Å². The number of nitrogens with zero attached hydrogens (tertiary/aromatic N) is 1. The number of aryl methyl sites for hydroxylation is 2. The summed E-state index contributed by atoms with van der Waals surface area (Å²) in [5, 5.41) is 5.09. The van der Waals surface area contributed by atoms with E-state index < -0.39 is 0 Å². The first kappa shape index (κ1) is 15.4. The van der Waals surface area contributed by atoms with E-state index in [4.69, 9.17) is 0 Å². The maximum Gasteiger partial charge on any atom is 0.257 e. The molecule has 0 atom stereocenters. The molecule has 0 fully saturated rings. The summed E-state index contributed by atoms with van der Waals surface area (Å²) in [6.45, 7) is 3.89. The first-order valence-electron chi connectivity index (χ1n) is 7.13. The monoisotopic (exact) mass is 326 g/mol. The van der Waals surface area contributed by atoms with Gasteiger partial charge in [-0.15, -0.1) is 11.3 Å². The summed E-state index contributed by atoms with van der Waals surface area (Å²) in [5.74, 6) is -0.501. The number of aromatic nitrogens is 1. The summed E-state index contributed by atoms with van der Waals surface area (Å²) in [7, 11) is 0. The van der Waals surface area contributed by atoms with Gasteiger partial charge in [0.15, 0.2) is 5.13 Å². The van der Waals surface area contributed by atoms with Crippen LogP contribution in [-0.4, -0.2) is 10.9 Å². The highest BCUT2D eigenvalue weighted by atomic mass is 32.1. The van der Waals surface area contributed by atoms with Gasteiger partial charge in [-0.25, -0.2) is 9.37 Å². The minimum Gasteiger partial charge on any atom is -0.298 e. The Kier molecular flexibility index (Phi) is 4.21. The number of carbonyl (C=O) groups excluding carboxylic acids is 1. The number of thiazole rings is 1. The third-order valence-electron chi connectivity index (χ3n) is 3.47. The van der Waals surface area contributed by atoms with Crippen molar-refractivity contribution in [3.63, 3.8) is 0 Å². The Morgan fingerprint density at radius 1 is 1.17 bits per heavy atom. The van der Waals surface area contributed by atoms with Gasteiger partial charge in [0.1, 0.15) is 5.82 Å². The molecule has 1 amide bonds. The predicted molar refractivity (Wildman–Crippen MR) is 91.4 cm³/mol. The van der Waals surface area contributed by atoms with Gasteiger partial charge in [0, 0.05) is 16.5 Å². The molecular weight excluding hydrogens is 311 g/mol. The van der Waals surface area contributed by atoms with Crippen LogP contribution in [0.3, 0.4) is 0 Å². The molecule has 3 nitrogen and oxygen atoms in total. The molecule has 1 heterocycles. The molecule has 0 spiro atoms. The molecule has 0 radical (unpaired) electrons. The predicted octanol–water partition coefficient (Wildman–Crippen LogP) is 4.82. The molecule has 0 saturated carbocycles. The highest BCUT2D eigenvalue weighted by Gasteiger charge is 2.12. The number of benzene rings is 2. The van der Waals surface area contributed by atoms with Crippen LogP contribution in [0.15, 0.2) is 47.8 Å². The van der Waals surface area contributed by atoms with Crippen LogP contribution in [0.25, 0.3) is 11.3 Å². The second-order valence-electron chi connectivity index (χ2n) is 5.32. The number of anilines is 1. The SMILES string of the molecule is Cc1ccc(C(=O)Nc2nc(-c3cccc(F)c3)cs2)c(C)c1. The molecule has 1 aromatic heterocycles. The van der Waals surface area contributed by atoms with Crippen LogP contribution in [0.4, 0.5) is 9.52 Å². The quantitative estimate of drug-likeness (QED) is 0.750. The van der Waals surface area contributed by atoms with Crippen molar-refractivity contribution in [2.24, 2.45) is 0 Å². The van der Waals surface area contributed by atoms with Crippen LogP contribution in [0, 0.1) is 19.7 Å². The number of nitrogens with one attached hydrogen (secondary N) is 1. The Bertz CT molecular complexity index is 873. The van der Waals surface area contributed by atoms with Gasteiger partial charge in [-0.1, -0.05) is 29.8 Å². The third-order valence-corrected chi connectivity index (χ3v) is 4.23. The van der Waals surface area contributed by atoms with Crippen molar-refractivity contribution in [1.29, 1.82) is 0 Å². The van der Waals surface area contributed by atoms with E-state index in [2.05, 4.69) is 10.3 Å². The van der Waals surface area contributed by atoms with Crippen LogP contribution in [0.2, 0.25) is 0 Å². The fraction of sp³-hybridized carbons (Fsp3) is 0.111. The summed E-state index contributed by atoms with van der Waals surface area (Å²) in [4.78, 5) is 16.7. The molecule has 3 rings (SSSR count). The smallest absolute Gasteiger partial charge is 0.257 e. The Morgan fingerprint density at radius 2 is 2.00 bits per heavy atom. The van der Waals surface area contributed by atoms with Gasteiger partial charge in [-0.3, -0.25) is 10.1 Å². The van der Waals surface area contributed by atoms with Gasteiger partial charge < -0.3 is 0 Å². The number of hydrogen-bond donors (Lipinski definition) is 1. The van der Waals surface area contributed by atoms with E-state index in [1.54, 1.807) is 23.6 Å². The standard InChI is InChI=1S/C18H15FN2OS/c1-11-6-7-15(12(2)8-11)17(22)21-18-20-16(10-23-18)13-4-3-5-14(19)9-13/h3-10H,1-2H3,(H,20,21,22). The van der Waals surface area contributed by atoms with Crippen molar-refractivity contribution in [2.45, 2.75) is 13.8 Å². The zero-order valence-corrected chi connectivity index (χ0v) is 13.6. The number of carbonyl (C=O) groups is 1. The molecule has 23 heavy (non-hydrogen) atoms. The van der Waals surface area contributed by atoms with Gasteiger partial charge >= 0.3 is 0 Å². The summed E-state index contributed by atoms with van der Waals surface area (Å²) >= 11 is 1.32. The largest absolute Gasteiger partial charge is 0.298 e. The van der Waals surface area contributed by atoms with Crippen molar-refractivity contribution < 1.29 is 9.18 Å². The molecule has 0 aliphatic carbocycles. The van der Waals surface area contributed by atoms with E-state index in [0.29, 0.717) is 22.0 Å². The van der Waals surface area contributed by atoms with E-state index in [1.807, 2.05) is 26.0 Å². The highest BCUT2D eigenvalue weighted by Crippen LogP contribution is 2.26. The number of hydrogen-bond acceptors (Lipinski definition) is 3. The molecule has 3 aromatic rings. The average Bonchev–Trinajstić information content (AvgIpc) is 2.95. The Labute approximate surface area is 137 Å². The molecule has 5 heteroatoms. The van der Waals surface area contributed by atoms with Gasteiger partial charge in [0.05, 0.1) is 5.69 Å². The summed E-state index contributed by atoms with van der Waals surface area (Å²) in [6, 6.07) is 11.9. The van der Waals surface area contributed by atoms with E-state index in [9.17, 15) is 9.18 Å². The van der Waals surface area contributed by atoms with Crippen molar-refractivity contribution in [2.75, 3.05) is 5.32 Å². The number of amides is 1. The molecule has 116 valence electrons. The minimum atomic E-state index is -0.309. The van der Waals surface area contributed by atoms with Crippen LogP contribution in [0.1, 0.15) is 21.5 Å². The molecule has 0 bridgehead atoms. The zero-order valence-electron chi connectivity index (χ0n) is 12.8. The van der Waals surface area contributed by atoms with E-state index in [-0.39, 0.29) is 11.7 Å². The maximum atomic E-state index is 13.3. The Balaban J connectivity index is 1.80. The second-order valence-corrected chi connectivity index (χ2v) is 6.18. The minimum absolute atomic E-state index is 0.192. The van der Waals surface area contributed by atoms with Crippen LogP contribution < -0.4 is 5.32 Å². The Morgan fingerprint density at radius 3 is 2.74 bits per heavy atom. The number of halogens is 1. The maximum absolute atomic E-state index is 13.3. The van der Waals surface area contributed by atoms with E-state index in [1.165, 1.54) is 23.5 Å². The third kappa shape index (κ3) is 3.46. The van der Waals surface area contributed by atoms with Gasteiger partial charge in [-0.2, -0.15) is 0 Å². The lowest BCUT2D eigenvalue weighted by Crippen LogP contribution is -2.13. The molecule has 1 N–H and O–H groups in total. The second kappa shape index (κ2) is 6.30.